The lowest BCUT2D eigenvalue weighted by Gasteiger charge is -2.21. The lowest BCUT2D eigenvalue weighted by molar-refractivity contribution is 0.454. The molecule has 0 spiro atoms. The molecule has 1 atom stereocenters. The Kier molecular flexibility index (Phi) is 4.17. The number of aromatic nitrogens is 4. The van der Waals surface area contributed by atoms with E-state index < -0.39 is 0 Å². The zero-order valence-corrected chi connectivity index (χ0v) is 12.3. The van der Waals surface area contributed by atoms with Crippen LogP contribution in [0.2, 0.25) is 0 Å². The van der Waals surface area contributed by atoms with Gasteiger partial charge in [-0.2, -0.15) is 0 Å². The van der Waals surface area contributed by atoms with Gasteiger partial charge in [-0.25, -0.2) is 4.98 Å². The number of hydrogen-bond donors (Lipinski definition) is 2. The fraction of sp³-hybridized carbons (Fsp3) is 0.538. The topological polar surface area (TPSA) is 75.6 Å². The second-order valence-corrected chi connectivity index (χ2v) is 5.91. The van der Waals surface area contributed by atoms with Crippen molar-refractivity contribution in [2.45, 2.75) is 32.1 Å². The molecule has 0 amide bonds. The molecule has 106 valence electrons. The Morgan fingerprint density at radius 3 is 2.95 bits per heavy atom. The van der Waals surface area contributed by atoms with Crippen molar-refractivity contribution in [3.05, 3.63) is 23.1 Å². The Hall–Kier alpha value is -1.60. The van der Waals surface area contributed by atoms with Crippen LogP contribution in [0.5, 0.6) is 0 Å². The van der Waals surface area contributed by atoms with Gasteiger partial charge in [-0.1, -0.05) is 18.3 Å². The summed E-state index contributed by atoms with van der Waals surface area (Å²) in [6.45, 7) is 4.18. The summed E-state index contributed by atoms with van der Waals surface area (Å²) in [5, 5.41) is 16.5. The zero-order chi connectivity index (χ0) is 13.8. The van der Waals surface area contributed by atoms with E-state index in [1.165, 1.54) is 12.8 Å². The number of hydrogen-bond acceptors (Lipinski definition) is 7. The second kappa shape index (κ2) is 6.23. The summed E-state index contributed by atoms with van der Waals surface area (Å²) in [5.41, 5.74) is 1.06. The van der Waals surface area contributed by atoms with Gasteiger partial charge in [0.25, 0.3) is 0 Å². The van der Waals surface area contributed by atoms with Crippen LogP contribution in [0.4, 0.5) is 10.9 Å². The number of nitrogens with zero attached hydrogens (tertiary/aromatic N) is 4. The summed E-state index contributed by atoms with van der Waals surface area (Å²) in [6, 6.07) is 0. The molecule has 0 aliphatic carbocycles. The van der Waals surface area contributed by atoms with Gasteiger partial charge in [-0.15, -0.1) is 10.2 Å². The van der Waals surface area contributed by atoms with Gasteiger partial charge < -0.3 is 10.6 Å². The summed E-state index contributed by atoms with van der Waals surface area (Å²) < 4.78 is 0. The monoisotopic (exact) mass is 290 g/mol. The van der Waals surface area contributed by atoms with E-state index in [1.807, 2.05) is 6.20 Å². The minimum atomic E-state index is 0.485. The summed E-state index contributed by atoms with van der Waals surface area (Å²) in [4.78, 5) is 8.94. The van der Waals surface area contributed by atoms with Gasteiger partial charge in [0.2, 0.25) is 5.13 Å². The van der Waals surface area contributed by atoms with Gasteiger partial charge in [0.05, 0.1) is 18.1 Å². The van der Waals surface area contributed by atoms with E-state index in [1.54, 1.807) is 17.5 Å². The van der Waals surface area contributed by atoms with Crippen molar-refractivity contribution < 1.29 is 0 Å². The summed E-state index contributed by atoms with van der Waals surface area (Å²) in [7, 11) is 0. The first kappa shape index (κ1) is 13.4. The first-order valence-electron chi connectivity index (χ1n) is 6.97. The van der Waals surface area contributed by atoms with Gasteiger partial charge in [0, 0.05) is 12.5 Å². The largest absolute Gasteiger partial charge is 0.316 e. The molecule has 1 aliphatic rings. The van der Waals surface area contributed by atoms with Crippen molar-refractivity contribution in [1.29, 1.82) is 0 Å². The molecule has 7 heteroatoms. The molecule has 1 fully saturated rings. The highest BCUT2D eigenvalue weighted by atomic mass is 32.1. The van der Waals surface area contributed by atoms with Crippen molar-refractivity contribution in [2.24, 2.45) is 0 Å². The van der Waals surface area contributed by atoms with Gasteiger partial charge in [0.15, 0.2) is 5.82 Å². The third kappa shape index (κ3) is 3.10. The van der Waals surface area contributed by atoms with Gasteiger partial charge in [0.1, 0.15) is 5.01 Å². The molecule has 1 unspecified atom stereocenters. The fourth-order valence-corrected chi connectivity index (χ4v) is 2.96. The number of anilines is 2. The van der Waals surface area contributed by atoms with Crippen molar-refractivity contribution in [1.82, 2.24) is 25.5 Å². The van der Waals surface area contributed by atoms with Crippen LogP contribution in [0.1, 0.15) is 36.4 Å². The van der Waals surface area contributed by atoms with E-state index in [-0.39, 0.29) is 0 Å². The third-order valence-corrected chi connectivity index (χ3v) is 4.37. The van der Waals surface area contributed by atoms with Gasteiger partial charge in [-0.3, -0.25) is 4.98 Å². The molecule has 3 heterocycles. The molecule has 2 aromatic heterocycles. The second-order valence-electron chi connectivity index (χ2n) is 4.85. The zero-order valence-electron chi connectivity index (χ0n) is 11.5. The molecular formula is C13H18N6S. The highest BCUT2D eigenvalue weighted by molar-refractivity contribution is 7.15. The van der Waals surface area contributed by atoms with Gasteiger partial charge >= 0.3 is 0 Å². The maximum absolute atomic E-state index is 4.52. The van der Waals surface area contributed by atoms with Crippen LogP contribution >= 0.6 is 11.3 Å². The Balaban J connectivity index is 1.66. The van der Waals surface area contributed by atoms with Crippen LogP contribution in [0.3, 0.4) is 0 Å². The van der Waals surface area contributed by atoms with Crippen LogP contribution in [-0.2, 0) is 6.42 Å². The first-order chi connectivity index (χ1) is 9.85. The number of rotatable bonds is 4. The highest BCUT2D eigenvalue weighted by Gasteiger charge is 2.16. The minimum Gasteiger partial charge on any atom is -0.316 e. The van der Waals surface area contributed by atoms with E-state index >= 15 is 0 Å². The normalized spacial score (nSPS) is 18.9. The molecule has 2 N–H and O–H groups in total. The van der Waals surface area contributed by atoms with E-state index in [0.717, 1.165) is 41.2 Å². The molecular weight excluding hydrogens is 272 g/mol. The molecule has 2 aromatic rings. The molecule has 20 heavy (non-hydrogen) atoms. The lowest BCUT2D eigenvalue weighted by atomic mass is 9.97. The first-order valence-corrected chi connectivity index (χ1v) is 7.79. The number of nitrogens with one attached hydrogen (secondary N) is 2. The molecule has 1 aliphatic heterocycles. The maximum Gasteiger partial charge on any atom is 0.211 e. The Bertz CT molecular complexity index is 546. The number of aryl methyl sites for hydroxylation is 1. The summed E-state index contributed by atoms with van der Waals surface area (Å²) in [6.07, 6.45) is 6.93. The molecule has 0 bridgehead atoms. The van der Waals surface area contributed by atoms with E-state index in [4.69, 9.17) is 0 Å². The summed E-state index contributed by atoms with van der Waals surface area (Å²) in [5.74, 6) is 1.20. The average molecular weight is 290 g/mol. The third-order valence-electron chi connectivity index (χ3n) is 3.39. The van der Waals surface area contributed by atoms with Crippen LogP contribution < -0.4 is 10.6 Å². The Labute approximate surface area is 122 Å². The van der Waals surface area contributed by atoms with Crippen molar-refractivity contribution in [2.75, 3.05) is 18.4 Å². The predicted octanol–water partition coefficient (Wildman–Crippen LogP) is 2.10. The van der Waals surface area contributed by atoms with Gasteiger partial charge in [-0.05, 0) is 25.8 Å². The van der Waals surface area contributed by atoms with Crippen molar-refractivity contribution in [3.8, 4) is 0 Å². The average Bonchev–Trinajstić information content (AvgIpc) is 2.97. The Morgan fingerprint density at radius 1 is 1.35 bits per heavy atom. The summed E-state index contributed by atoms with van der Waals surface area (Å²) >= 11 is 1.55. The number of piperidine rings is 1. The quantitative estimate of drug-likeness (QED) is 0.898. The molecule has 0 radical (unpaired) electrons. The minimum absolute atomic E-state index is 0.485. The molecule has 0 saturated carbocycles. The van der Waals surface area contributed by atoms with E-state index in [0.29, 0.717) is 5.92 Å². The molecule has 1 saturated heterocycles. The molecule has 6 nitrogen and oxygen atoms in total. The smallest absolute Gasteiger partial charge is 0.211 e. The standard InChI is InChI=1S/C13H18N6S/c1-2-12-18-19-13(20-12)17-11-8-15-10(7-16-11)9-4-3-5-14-6-9/h7-9,14H,2-6H2,1H3,(H,16,17,19). The van der Waals surface area contributed by atoms with Crippen LogP contribution in [-0.4, -0.2) is 33.3 Å². The van der Waals surface area contributed by atoms with E-state index in [2.05, 4.69) is 37.7 Å². The molecule has 3 rings (SSSR count). The highest BCUT2D eigenvalue weighted by Crippen LogP contribution is 2.23. The molecule has 0 aromatic carbocycles. The SMILES string of the molecule is CCc1nnc(Nc2cnc(C3CCCNC3)cn2)s1. The lowest BCUT2D eigenvalue weighted by Crippen LogP contribution is -2.28. The predicted molar refractivity (Wildman–Crippen MR) is 79.4 cm³/mol. The maximum atomic E-state index is 4.52. The Morgan fingerprint density at radius 2 is 2.30 bits per heavy atom. The van der Waals surface area contributed by atoms with E-state index in [9.17, 15) is 0 Å². The van der Waals surface area contributed by atoms with Crippen LogP contribution in [0.15, 0.2) is 12.4 Å². The van der Waals surface area contributed by atoms with Crippen LogP contribution in [0.25, 0.3) is 0 Å². The van der Waals surface area contributed by atoms with Crippen LogP contribution in [0, 0.1) is 0 Å². The van der Waals surface area contributed by atoms with Crippen molar-refractivity contribution >= 4 is 22.3 Å². The fourth-order valence-electron chi connectivity index (χ4n) is 2.27. The van der Waals surface area contributed by atoms with Crippen molar-refractivity contribution in [3.63, 3.8) is 0 Å².